The van der Waals surface area contributed by atoms with Crippen LogP contribution in [0.25, 0.3) is 0 Å². The molecular weight excluding hydrogens is 240 g/mol. The number of sulfone groups is 1. The largest absolute Gasteiger partial charge is 0.349 e. The van der Waals surface area contributed by atoms with Gasteiger partial charge in [0, 0.05) is 11.8 Å². The summed E-state index contributed by atoms with van der Waals surface area (Å²) in [6.07, 6.45) is 2.73. The average Bonchev–Trinajstić information content (AvgIpc) is 2.16. The second kappa shape index (κ2) is 4.57. The molecule has 5 nitrogen and oxygen atoms in total. The van der Waals surface area contributed by atoms with E-state index in [2.05, 4.69) is 10.6 Å². The first-order valence-electron chi connectivity index (χ1n) is 5.81. The van der Waals surface area contributed by atoms with E-state index in [4.69, 9.17) is 0 Å². The fraction of sp³-hybridized carbons (Fsp3) is 0.909. The Bertz CT molecular complexity index is 395. The van der Waals surface area contributed by atoms with Crippen molar-refractivity contribution in [1.82, 2.24) is 10.6 Å². The molecule has 0 aromatic heterocycles. The Labute approximate surface area is 103 Å². The second-order valence-corrected chi connectivity index (χ2v) is 8.11. The molecule has 0 atom stereocenters. The van der Waals surface area contributed by atoms with E-state index < -0.39 is 20.5 Å². The molecule has 0 radical (unpaired) electrons. The van der Waals surface area contributed by atoms with Crippen LogP contribution in [0, 0.1) is 0 Å². The number of carbonyl (C=O) groups is 1. The van der Waals surface area contributed by atoms with Crippen molar-refractivity contribution >= 4 is 15.7 Å². The van der Waals surface area contributed by atoms with Gasteiger partial charge in [0.25, 0.3) is 0 Å². The number of rotatable bonds is 3. The van der Waals surface area contributed by atoms with Gasteiger partial charge in [0.2, 0.25) is 5.91 Å². The molecule has 1 aliphatic rings. The smallest absolute Gasteiger partial charge is 0.241 e. The van der Waals surface area contributed by atoms with Crippen LogP contribution in [-0.2, 0) is 14.6 Å². The summed E-state index contributed by atoms with van der Waals surface area (Å²) in [7, 11) is -3.41. The van der Waals surface area contributed by atoms with E-state index in [1.807, 2.05) is 6.92 Å². The van der Waals surface area contributed by atoms with Crippen molar-refractivity contribution in [1.29, 1.82) is 0 Å². The zero-order valence-electron chi connectivity index (χ0n) is 11.0. The zero-order chi connectivity index (χ0) is 13.3. The number of amides is 1. The third-order valence-electron chi connectivity index (χ3n) is 3.60. The predicted octanol–water partition coefficient (Wildman–Crippen LogP) is 0.0679. The van der Waals surface area contributed by atoms with Crippen LogP contribution >= 0.6 is 0 Å². The highest BCUT2D eigenvalue weighted by Gasteiger charge is 2.41. The molecule has 0 aromatic rings. The third-order valence-corrected chi connectivity index (χ3v) is 5.64. The van der Waals surface area contributed by atoms with Gasteiger partial charge in [0.1, 0.15) is 4.75 Å². The van der Waals surface area contributed by atoms with Crippen molar-refractivity contribution in [3.63, 3.8) is 0 Å². The van der Waals surface area contributed by atoms with Crippen LogP contribution < -0.4 is 10.6 Å². The molecular formula is C11H22N2O3S. The van der Waals surface area contributed by atoms with E-state index in [1.54, 1.807) is 0 Å². The van der Waals surface area contributed by atoms with Gasteiger partial charge in [0.15, 0.2) is 9.84 Å². The van der Waals surface area contributed by atoms with Crippen LogP contribution in [0.5, 0.6) is 0 Å². The lowest BCUT2D eigenvalue weighted by molar-refractivity contribution is -0.124. The molecule has 1 amide bonds. The Balaban J connectivity index is 2.78. The van der Waals surface area contributed by atoms with Gasteiger partial charge in [-0.3, -0.25) is 4.79 Å². The summed E-state index contributed by atoms with van der Waals surface area (Å²) in [6.45, 7) is 6.54. The number of hydrogen-bond donors (Lipinski definition) is 2. The number of nitrogens with one attached hydrogen (secondary N) is 2. The first-order chi connectivity index (χ1) is 7.58. The second-order valence-electron chi connectivity index (χ2n) is 5.55. The van der Waals surface area contributed by atoms with E-state index in [-0.39, 0.29) is 5.54 Å². The number of hydrogen-bond acceptors (Lipinski definition) is 4. The van der Waals surface area contributed by atoms with Crippen molar-refractivity contribution in [3.8, 4) is 0 Å². The van der Waals surface area contributed by atoms with E-state index in [0.29, 0.717) is 0 Å². The Morgan fingerprint density at radius 2 is 1.76 bits per heavy atom. The van der Waals surface area contributed by atoms with E-state index in [1.165, 1.54) is 13.8 Å². The summed E-state index contributed by atoms with van der Waals surface area (Å²) in [6, 6.07) is 0. The summed E-state index contributed by atoms with van der Waals surface area (Å²) in [5.41, 5.74) is -0.301. The van der Waals surface area contributed by atoms with Gasteiger partial charge in [-0.25, -0.2) is 8.42 Å². The maximum Gasteiger partial charge on any atom is 0.241 e. The summed E-state index contributed by atoms with van der Waals surface area (Å²) in [5, 5.41) is 6.10. The summed E-state index contributed by atoms with van der Waals surface area (Å²) in [5.74, 6) is -0.413. The van der Waals surface area contributed by atoms with Crippen molar-refractivity contribution in [2.75, 3.05) is 19.3 Å². The Morgan fingerprint density at radius 3 is 2.18 bits per heavy atom. The highest BCUT2D eigenvalue weighted by atomic mass is 32.2. The van der Waals surface area contributed by atoms with Crippen molar-refractivity contribution in [3.05, 3.63) is 0 Å². The van der Waals surface area contributed by atoms with Crippen LogP contribution in [0.1, 0.15) is 33.6 Å². The predicted molar refractivity (Wildman–Crippen MR) is 67.6 cm³/mol. The van der Waals surface area contributed by atoms with Gasteiger partial charge in [-0.15, -0.1) is 0 Å². The molecule has 0 unspecified atom stereocenters. The maximum atomic E-state index is 12.1. The van der Waals surface area contributed by atoms with Crippen molar-refractivity contribution in [2.45, 2.75) is 43.9 Å². The highest BCUT2D eigenvalue weighted by Crippen LogP contribution is 2.21. The molecule has 1 rings (SSSR count). The normalized spacial score (nSPS) is 20.9. The Kier molecular flexibility index (Phi) is 3.88. The zero-order valence-corrected chi connectivity index (χ0v) is 11.8. The molecule has 100 valence electrons. The maximum absolute atomic E-state index is 12.1. The minimum absolute atomic E-state index is 0.301. The molecule has 0 spiro atoms. The summed E-state index contributed by atoms with van der Waals surface area (Å²) in [4.78, 5) is 12.1. The molecule has 0 aromatic carbocycles. The lowest BCUT2D eigenvalue weighted by Gasteiger charge is -2.37. The highest BCUT2D eigenvalue weighted by molar-refractivity contribution is 7.92. The molecule has 17 heavy (non-hydrogen) atoms. The molecule has 1 heterocycles. The molecule has 0 aliphatic carbocycles. The van der Waals surface area contributed by atoms with E-state index in [9.17, 15) is 13.2 Å². The van der Waals surface area contributed by atoms with Crippen LogP contribution in [0.2, 0.25) is 0 Å². The topological polar surface area (TPSA) is 75.3 Å². The lowest BCUT2D eigenvalue weighted by Crippen LogP contribution is -2.58. The van der Waals surface area contributed by atoms with Gasteiger partial charge in [-0.2, -0.15) is 0 Å². The third kappa shape index (κ3) is 3.19. The van der Waals surface area contributed by atoms with E-state index in [0.717, 1.165) is 32.2 Å². The van der Waals surface area contributed by atoms with Crippen LogP contribution in [0.3, 0.4) is 0 Å². The average molecular weight is 262 g/mol. The summed E-state index contributed by atoms with van der Waals surface area (Å²) < 4.78 is 21.8. The molecule has 0 bridgehead atoms. The molecule has 1 saturated heterocycles. The molecule has 1 aliphatic heterocycles. The fourth-order valence-electron chi connectivity index (χ4n) is 1.70. The first-order valence-corrected chi connectivity index (χ1v) is 7.71. The van der Waals surface area contributed by atoms with Crippen LogP contribution in [0.15, 0.2) is 0 Å². The molecule has 1 fully saturated rings. The van der Waals surface area contributed by atoms with Crippen molar-refractivity contribution in [2.24, 2.45) is 0 Å². The van der Waals surface area contributed by atoms with Gasteiger partial charge in [-0.05, 0) is 46.7 Å². The summed E-state index contributed by atoms with van der Waals surface area (Å²) >= 11 is 0. The standard InChI is InChI=1S/C11H22N2O3S/c1-10(2,17(4,15)16)9(14)13-11(3)5-7-12-8-6-11/h12H,5-8H2,1-4H3,(H,13,14). The van der Waals surface area contributed by atoms with Crippen LogP contribution in [-0.4, -0.2) is 44.0 Å². The quantitative estimate of drug-likeness (QED) is 0.754. The monoisotopic (exact) mass is 262 g/mol. The molecule has 2 N–H and O–H groups in total. The Morgan fingerprint density at radius 1 is 1.29 bits per heavy atom. The van der Waals surface area contributed by atoms with Crippen molar-refractivity contribution < 1.29 is 13.2 Å². The van der Waals surface area contributed by atoms with E-state index >= 15 is 0 Å². The minimum Gasteiger partial charge on any atom is -0.349 e. The van der Waals surface area contributed by atoms with Gasteiger partial charge >= 0.3 is 0 Å². The molecule has 6 heteroatoms. The number of piperidine rings is 1. The van der Waals surface area contributed by atoms with Gasteiger partial charge in [0.05, 0.1) is 0 Å². The Hall–Kier alpha value is -0.620. The number of carbonyl (C=O) groups excluding carboxylic acids is 1. The first kappa shape index (κ1) is 14.4. The minimum atomic E-state index is -3.41. The lowest BCUT2D eigenvalue weighted by atomic mass is 9.90. The van der Waals surface area contributed by atoms with Crippen LogP contribution in [0.4, 0.5) is 0 Å². The fourth-order valence-corrected chi connectivity index (χ4v) is 2.08. The van der Waals surface area contributed by atoms with Gasteiger partial charge < -0.3 is 10.6 Å². The molecule has 0 saturated carbocycles. The SMILES string of the molecule is CC1(NC(=O)C(C)(C)S(C)(=O)=O)CCNCC1. The van der Waals surface area contributed by atoms with Gasteiger partial charge in [-0.1, -0.05) is 0 Å².